The van der Waals surface area contributed by atoms with E-state index in [0.29, 0.717) is 22.5 Å². The molecule has 0 heterocycles. The van der Waals surface area contributed by atoms with Gasteiger partial charge in [-0.05, 0) is 24.8 Å². The fourth-order valence-electron chi connectivity index (χ4n) is 2.04. The number of hydrogen-bond acceptors (Lipinski definition) is 4. The van der Waals surface area contributed by atoms with Gasteiger partial charge in [0, 0.05) is 11.4 Å². The Hall–Kier alpha value is -1.78. The highest BCUT2D eigenvalue weighted by molar-refractivity contribution is 5.77. The molecule has 0 saturated heterocycles. The molecule has 0 radical (unpaired) electrons. The molecular weight excluding hydrogens is 218 g/mol. The lowest BCUT2D eigenvalue weighted by Gasteiger charge is -2.24. The first-order valence-electron chi connectivity index (χ1n) is 5.42. The molecule has 0 aliphatic heterocycles. The summed E-state index contributed by atoms with van der Waals surface area (Å²) >= 11 is 0. The first-order chi connectivity index (χ1) is 7.59. The molecule has 0 bridgehead atoms. The third-order valence-corrected chi connectivity index (χ3v) is 3.01. The van der Waals surface area contributed by atoms with Crippen molar-refractivity contribution in [1.82, 2.24) is 0 Å². The molecule has 0 fully saturated rings. The topological polar surface area (TPSA) is 95.2 Å². The molecule has 0 atom stereocenters. The second-order valence-corrected chi connectivity index (χ2v) is 5.31. The van der Waals surface area contributed by atoms with Gasteiger partial charge < -0.3 is 11.5 Å². The average molecular weight is 237 g/mol. The zero-order chi connectivity index (χ0) is 13.5. The van der Waals surface area contributed by atoms with Gasteiger partial charge in [-0.3, -0.25) is 10.1 Å². The molecule has 0 spiro atoms. The molecule has 4 N–H and O–H groups in total. The molecule has 5 nitrogen and oxygen atoms in total. The van der Waals surface area contributed by atoms with Crippen LogP contribution in [0.3, 0.4) is 0 Å². The minimum atomic E-state index is -0.401. The van der Waals surface area contributed by atoms with Crippen LogP contribution in [0.2, 0.25) is 0 Å². The Morgan fingerprint density at radius 1 is 1.06 bits per heavy atom. The fraction of sp³-hybridized carbons (Fsp3) is 0.500. The van der Waals surface area contributed by atoms with Crippen molar-refractivity contribution in [3.63, 3.8) is 0 Å². The van der Waals surface area contributed by atoms with Crippen LogP contribution in [0.15, 0.2) is 0 Å². The Balaban J connectivity index is 3.86. The van der Waals surface area contributed by atoms with E-state index in [1.54, 1.807) is 13.8 Å². The van der Waals surface area contributed by atoms with Crippen LogP contribution in [0, 0.1) is 24.0 Å². The standard InChI is InChI=1S/C12H19N3O2/c1-6-9(13)7(2)11(15(16)17)8(10(6)14)12(3,4)5/h13-14H2,1-5H3. The monoisotopic (exact) mass is 237 g/mol. The van der Waals surface area contributed by atoms with Gasteiger partial charge in [0.2, 0.25) is 0 Å². The van der Waals surface area contributed by atoms with E-state index in [1.165, 1.54) is 0 Å². The first-order valence-corrected chi connectivity index (χ1v) is 5.42. The third-order valence-electron chi connectivity index (χ3n) is 3.01. The maximum absolute atomic E-state index is 11.2. The molecule has 94 valence electrons. The van der Waals surface area contributed by atoms with Crippen molar-refractivity contribution in [1.29, 1.82) is 0 Å². The minimum Gasteiger partial charge on any atom is -0.398 e. The predicted molar refractivity (Wildman–Crippen MR) is 70.1 cm³/mol. The van der Waals surface area contributed by atoms with E-state index < -0.39 is 10.3 Å². The van der Waals surface area contributed by atoms with Gasteiger partial charge in [0.25, 0.3) is 5.69 Å². The molecule has 0 unspecified atom stereocenters. The van der Waals surface area contributed by atoms with Crippen molar-refractivity contribution >= 4 is 17.1 Å². The maximum atomic E-state index is 11.2. The normalized spacial score (nSPS) is 11.6. The van der Waals surface area contributed by atoms with Gasteiger partial charge in [-0.2, -0.15) is 0 Å². The summed E-state index contributed by atoms with van der Waals surface area (Å²) in [5.74, 6) is 0. The summed E-state index contributed by atoms with van der Waals surface area (Å²) in [6.45, 7) is 9.16. The second-order valence-electron chi connectivity index (χ2n) is 5.31. The van der Waals surface area contributed by atoms with Crippen LogP contribution in [-0.4, -0.2) is 4.92 Å². The molecular formula is C12H19N3O2. The highest BCUT2D eigenvalue weighted by Gasteiger charge is 2.32. The van der Waals surface area contributed by atoms with Gasteiger partial charge in [0.15, 0.2) is 0 Å². The van der Waals surface area contributed by atoms with Crippen LogP contribution in [0.1, 0.15) is 37.5 Å². The number of nitrogens with two attached hydrogens (primary N) is 2. The first kappa shape index (κ1) is 13.3. The number of nitro groups is 1. The van der Waals surface area contributed by atoms with Gasteiger partial charge >= 0.3 is 0 Å². The summed E-state index contributed by atoms with van der Waals surface area (Å²) in [6, 6.07) is 0. The smallest absolute Gasteiger partial charge is 0.280 e. The summed E-state index contributed by atoms with van der Waals surface area (Å²) in [4.78, 5) is 10.8. The van der Waals surface area contributed by atoms with Crippen LogP contribution < -0.4 is 11.5 Å². The second kappa shape index (κ2) is 3.91. The molecule has 1 rings (SSSR count). The van der Waals surface area contributed by atoms with E-state index in [2.05, 4.69) is 0 Å². The van der Waals surface area contributed by atoms with E-state index in [4.69, 9.17) is 11.5 Å². The van der Waals surface area contributed by atoms with Gasteiger partial charge in [0.05, 0.1) is 16.1 Å². The number of anilines is 2. The van der Waals surface area contributed by atoms with E-state index in [1.807, 2.05) is 20.8 Å². The van der Waals surface area contributed by atoms with Crippen molar-refractivity contribution < 1.29 is 4.92 Å². The number of benzene rings is 1. The Kier molecular flexibility index (Phi) is 3.05. The molecule has 0 saturated carbocycles. The lowest BCUT2D eigenvalue weighted by Crippen LogP contribution is -2.19. The fourth-order valence-corrected chi connectivity index (χ4v) is 2.04. The summed E-state index contributed by atoms with van der Waals surface area (Å²) in [5.41, 5.74) is 14.1. The van der Waals surface area contributed by atoms with Crippen LogP contribution in [0.4, 0.5) is 17.1 Å². The highest BCUT2D eigenvalue weighted by atomic mass is 16.6. The van der Waals surface area contributed by atoms with E-state index in [-0.39, 0.29) is 5.69 Å². The SMILES string of the molecule is Cc1c(N)c(C)c([N+](=O)[O-])c(C(C)(C)C)c1N. The number of nitrogens with zero attached hydrogens (tertiary/aromatic N) is 1. The lowest BCUT2D eigenvalue weighted by atomic mass is 9.81. The molecule has 0 aliphatic rings. The largest absolute Gasteiger partial charge is 0.398 e. The summed E-state index contributed by atoms with van der Waals surface area (Å²) in [5, 5.41) is 11.2. The Morgan fingerprint density at radius 3 is 1.88 bits per heavy atom. The van der Waals surface area contributed by atoms with Crippen molar-refractivity contribution in [2.45, 2.75) is 40.0 Å². The molecule has 0 aromatic heterocycles. The number of rotatable bonds is 1. The maximum Gasteiger partial charge on any atom is 0.280 e. The van der Waals surface area contributed by atoms with Crippen molar-refractivity contribution in [3.05, 3.63) is 26.8 Å². The molecule has 0 amide bonds. The molecule has 1 aromatic carbocycles. The van der Waals surface area contributed by atoms with Crippen molar-refractivity contribution in [3.8, 4) is 0 Å². The Labute approximate surface area is 101 Å². The van der Waals surface area contributed by atoms with E-state index >= 15 is 0 Å². The van der Waals surface area contributed by atoms with E-state index in [9.17, 15) is 10.1 Å². The average Bonchev–Trinajstić information content (AvgIpc) is 2.17. The molecule has 5 heteroatoms. The zero-order valence-electron chi connectivity index (χ0n) is 10.9. The van der Waals surface area contributed by atoms with Crippen LogP contribution >= 0.6 is 0 Å². The van der Waals surface area contributed by atoms with Crippen LogP contribution in [0.25, 0.3) is 0 Å². The van der Waals surface area contributed by atoms with Gasteiger partial charge in [-0.25, -0.2) is 0 Å². The predicted octanol–water partition coefficient (Wildman–Crippen LogP) is 2.67. The Bertz CT molecular complexity index is 488. The minimum absolute atomic E-state index is 0.0399. The summed E-state index contributed by atoms with van der Waals surface area (Å²) in [6.07, 6.45) is 0. The summed E-state index contributed by atoms with van der Waals surface area (Å²) in [7, 11) is 0. The van der Waals surface area contributed by atoms with Crippen LogP contribution in [0.5, 0.6) is 0 Å². The van der Waals surface area contributed by atoms with E-state index in [0.717, 1.165) is 5.56 Å². The Morgan fingerprint density at radius 2 is 1.53 bits per heavy atom. The molecule has 0 aliphatic carbocycles. The highest BCUT2D eigenvalue weighted by Crippen LogP contribution is 2.42. The van der Waals surface area contributed by atoms with Gasteiger partial charge in [-0.15, -0.1) is 0 Å². The third kappa shape index (κ3) is 2.05. The number of hydrogen-bond donors (Lipinski definition) is 2. The van der Waals surface area contributed by atoms with Crippen LogP contribution in [-0.2, 0) is 5.41 Å². The molecule has 1 aromatic rings. The lowest BCUT2D eigenvalue weighted by molar-refractivity contribution is -0.386. The number of nitro benzene ring substituents is 1. The summed E-state index contributed by atoms with van der Waals surface area (Å²) < 4.78 is 0. The molecule has 17 heavy (non-hydrogen) atoms. The quantitative estimate of drug-likeness (QED) is 0.446. The number of nitrogen functional groups attached to an aromatic ring is 2. The van der Waals surface area contributed by atoms with Crippen molar-refractivity contribution in [2.75, 3.05) is 11.5 Å². The van der Waals surface area contributed by atoms with Gasteiger partial charge in [0.1, 0.15) is 0 Å². The van der Waals surface area contributed by atoms with Crippen molar-refractivity contribution in [2.24, 2.45) is 0 Å². The van der Waals surface area contributed by atoms with Gasteiger partial charge in [-0.1, -0.05) is 20.8 Å². The zero-order valence-corrected chi connectivity index (χ0v) is 10.9.